The fraction of sp³-hybridized carbons (Fsp3) is 0. The van der Waals surface area contributed by atoms with Crippen molar-refractivity contribution in [2.45, 2.75) is 0 Å². The molecule has 0 radical (unpaired) electrons. The third-order valence-electron chi connectivity index (χ3n) is 4.57. The van der Waals surface area contributed by atoms with Crippen LogP contribution in [0.25, 0.3) is 0 Å². The normalized spacial score (nSPS) is 10.8. The Morgan fingerprint density at radius 3 is 0.692 bits per heavy atom. The summed E-state index contributed by atoms with van der Waals surface area (Å²) in [5.41, 5.74) is 0. The summed E-state index contributed by atoms with van der Waals surface area (Å²) in [6.07, 6.45) is 0. The van der Waals surface area contributed by atoms with Crippen LogP contribution in [0.1, 0.15) is 0 Å². The number of hydrogen-bond acceptors (Lipinski definition) is 0. The van der Waals surface area contributed by atoms with E-state index in [-0.39, 0.29) is 17.1 Å². The van der Waals surface area contributed by atoms with Gasteiger partial charge in [-0.15, -0.1) is 0 Å². The third kappa shape index (κ3) is 3.31. The second kappa shape index (κ2) is 8.56. The Labute approximate surface area is 168 Å². The molecule has 0 amide bonds. The zero-order chi connectivity index (χ0) is 17.0. The molecular weight excluding hydrogens is 419 g/mol. The Kier molecular flexibility index (Phi) is 6.17. The van der Waals surface area contributed by atoms with E-state index in [1.807, 2.05) is 0 Å². The molecule has 0 aliphatic rings. The molecule has 0 aliphatic heterocycles. The molecule has 0 unspecified atom stereocenters. The second-order valence-corrected chi connectivity index (χ2v) is 13.2. The van der Waals surface area contributed by atoms with E-state index in [0.717, 1.165) is 0 Å². The third-order valence-corrected chi connectivity index (χ3v) is 13.6. The summed E-state index contributed by atoms with van der Waals surface area (Å²) in [6, 6.07) is 44.2. The van der Waals surface area contributed by atoms with Crippen molar-refractivity contribution in [3.05, 3.63) is 121 Å². The second-order valence-electron chi connectivity index (χ2n) is 6.01. The van der Waals surface area contributed by atoms with Crippen LogP contribution >= 0.6 is 0 Å². The summed E-state index contributed by atoms with van der Waals surface area (Å²) in [7, 11) is 0. The molecule has 0 saturated heterocycles. The van der Waals surface area contributed by atoms with Crippen LogP contribution in [0.15, 0.2) is 121 Å². The van der Waals surface area contributed by atoms with Gasteiger partial charge in [0.25, 0.3) is 0 Å². The molecule has 0 fully saturated rings. The topological polar surface area (TPSA) is 0 Å². The Hall–Kier alpha value is -2.04. The van der Waals surface area contributed by atoms with Crippen LogP contribution in [-0.2, 0) is 17.1 Å². The van der Waals surface area contributed by atoms with Crippen molar-refractivity contribution in [1.29, 1.82) is 0 Å². The molecule has 0 saturated carbocycles. The van der Waals surface area contributed by atoms with E-state index in [9.17, 15) is 0 Å². The zero-order valence-corrected chi connectivity index (χ0v) is 17.3. The molecule has 0 heterocycles. The van der Waals surface area contributed by atoms with Crippen molar-refractivity contribution in [3.8, 4) is 0 Å². The monoisotopic (exact) mass is 439 g/mol. The van der Waals surface area contributed by atoms with Gasteiger partial charge >= 0.3 is 169 Å². The van der Waals surface area contributed by atoms with Crippen LogP contribution in [-0.4, -0.2) is 13.6 Å². The Balaban J connectivity index is 0.00000196. The number of hydrogen-bond donors (Lipinski definition) is 0. The molecule has 0 bridgehead atoms. The van der Waals surface area contributed by atoms with Crippen molar-refractivity contribution < 1.29 is 17.1 Å². The van der Waals surface area contributed by atoms with Crippen LogP contribution in [0.4, 0.5) is 0 Å². The van der Waals surface area contributed by atoms with E-state index in [0.29, 0.717) is 0 Å². The maximum absolute atomic E-state index is 2.77. The Bertz CT molecular complexity index is 759. The minimum atomic E-state index is -2.77. The molecule has 0 nitrogen and oxygen atoms in total. The van der Waals surface area contributed by atoms with Gasteiger partial charge in [-0.2, -0.15) is 0 Å². The number of benzene rings is 4. The quantitative estimate of drug-likeness (QED) is 0.429. The van der Waals surface area contributed by atoms with E-state index in [1.54, 1.807) is 0 Å². The van der Waals surface area contributed by atoms with Gasteiger partial charge in [0.2, 0.25) is 0 Å². The fourth-order valence-corrected chi connectivity index (χ4v) is 12.5. The van der Waals surface area contributed by atoms with Crippen LogP contribution in [0, 0.1) is 0 Å². The molecule has 0 aromatic heterocycles. The Morgan fingerprint density at radius 2 is 0.500 bits per heavy atom. The van der Waals surface area contributed by atoms with Gasteiger partial charge in [0.1, 0.15) is 0 Å². The number of rotatable bonds is 4. The molecule has 0 N–H and O–H groups in total. The van der Waals surface area contributed by atoms with Crippen LogP contribution in [0.2, 0.25) is 0 Å². The summed E-state index contributed by atoms with van der Waals surface area (Å²) in [6.45, 7) is 0. The zero-order valence-electron chi connectivity index (χ0n) is 14.3. The molecule has 4 aromatic rings. The molecule has 0 atom stereocenters. The van der Waals surface area contributed by atoms with Crippen molar-refractivity contribution >= 4 is 31.0 Å². The summed E-state index contributed by atoms with van der Waals surface area (Å²) < 4.78 is 5.79. The molecule has 126 valence electrons. The van der Waals surface area contributed by atoms with Gasteiger partial charge in [0, 0.05) is 0 Å². The van der Waals surface area contributed by atoms with Crippen molar-refractivity contribution in [1.82, 2.24) is 0 Å². The summed E-state index contributed by atoms with van der Waals surface area (Å²) in [4.78, 5) is 0. The van der Waals surface area contributed by atoms with Gasteiger partial charge in [-0.05, 0) is 0 Å². The molecule has 26 heavy (non-hydrogen) atoms. The van der Waals surface area contributed by atoms with E-state index in [2.05, 4.69) is 121 Å². The average molecular weight is 439 g/mol. The summed E-state index contributed by atoms with van der Waals surface area (Å²) >= 11 is -2.77. The molecule has 4 aromatic carbocycles. The Morgan fingerprint density at radius 1 is 0.308 bits per heavy atom. The molecule has 0 spiro atoms. The summed E-state index contributed by atoms with van der Waals surface area (Å²) in [5, 5.41) is 0. The van der Waals surface area contributed by atoms with Gasteiger partial charge in [0.15, 0.2) is 0 Å². The van der Waals surface area contributed by atoms with Crippen LogP contribution in [0.3, 0.4) is 0 Å². The van der Waals surface area contributed by atoms with Gasteiger partial charge in [0.05, 0.1) is 0 Å². The van der Waals surface area contributed by atoms with E-state index < -0.39 is 13.6 Å². The fourth-order valence-electron chi connectivity index (χ4n) is 3.50. The predicted molar refractivity (Wildman–Crippen MR) is 110 cm³/mol. The van der Waals surface area contributed by atoms with E-state index >= 15 is 0 Å². The first-order valence-electron chi connectivity index (χ1n) is 8.54. The van der Waals surface area contributed by atoms with Gasteiger partial charge in [-0.1, -0.05) is 0 Å². The first-order chi connectivity index (χ1) is 12.4. The molecule has 0 aliphatic carbocycles. The van der Waals surface area contributed by atoms with Gasteiger partial charge < -0.3 is 0 Å². The standard InChI is InChI=1S/C24H20As.Fe/c1-5-13-21(14-6-1)25(22-15-7-2-8-16-22,23-17-9-3-10-18-23)24-19-11-4-12-20-24;/h1-20H;/q+1;+2. The van der Waals surface area contributed by atoms with Gasteiger partial charge in [-0.3, -0.25) is 0 Å². The van der Waals surface area contributed by atoms with Crippen LogP contribution in [0.5, 0.6) is 0 Å². The van der Waals surface area contributed by atoms with E-state index in [4.69, 9.17) is 0 Å². The van der Waals surface area contributed by atoms with Gasteiger partial charge in [-0.25, -0.2) is 0 Å². The molecular formula is C24H20AsFe+3. The molecule has 2 heteroatoms. The predicted octanol–water partition coefficient (Wildman–Crippen LogP) is 3.06. The van der Waals surface area contributed by atoms with Crippen molar-refractivity contribution in [3.63, 3.8) is 0 Å². The van der Waals surface area contributed by atoms with E-state index in [1.165, 1.54) is 17.4 Å². The average Bonchev–Trinajstić information content (AvgIpc) is 2.72. The first-order valence-corrected chi connectivity index (χ1v) is 12.3. The van der Waals surface area contributed by atoms with Crippen molar-refractivity contribution in [2.24, 2.45) is 0 Å². The summed E-state index contributed by atoms with van der Waals surface area (Å²) in [5.74, 6) is 0. The SMILES string of the molecule is [Fe+2].c1ccc([As+](c2ccccc2)(c2ccccc2)c2ccccc2)cc1. The minimum absolute atomic E-state index is 0. The van der Waals surface area contributed by atoms with Crippen molar-refractivity contribution in [2.75, 3.05) is 0 Å². The maximum atomic E-state index is 2.31. The first kappa shape index (κ1) is 18.7. The van der Waals surface area contributed by atoms with Crippen LogP contribution < -0.4 is 17.4 Å². The molecule has 4 rings (SSSR count).